The molecule has 2 aliphatic rings. The monoisotopic (exact) mass is 613 g/mol. The van der Waals surface area contributed by atoms with E-state index in [1.54, 1.807) is 53.4 Å². The Balaban J connectivity index is 1.71. The van der Waals surface area contributed by atoms with Gasteiger partial charge in [0.2, 0.25) is 5.91 Å². The van der Waals surface area contributed by atoms with Crippen LogP contribution in [0.4, 0.5) is 0 Å². The summed E-state index contributed by atoms with van der Waals surface area (Å²) in [6, 6.07) is 21.8. The summed E-state index contributed by atoms with van der Waals surface area (Å²) < 4.78 is 27.5. The molecule has 1 N–H and O–H groups in total. The summed E-state index contributed by atoms with van der Waals surface area (Å²) in [6.45, 7) is 1.84. The zero-order chi connectivity index (χ0) is 29.4. The first-order valence-electron chi connectivity index (χ1n) is 13.9. The number of amides is 1. The molecule has 4 atom stereocenters. The van der Waals surface area contributed by atoms with Gasteiger partial charge in [-0.3, -0.25) is 9.59 Å². The largest absolute Gasteiger partial charge is 0.481 e. The molecule has 0 bridgehead atoms. The molecule has 5 rings (SSSR count). The maximum atomic E-state index is 14.7. The topological polar surface area (TPSA) is 91.8 Å². The lowest BCUT2D eigenvalue weighted by atomic mass is 9.65. The van der Waals surface area contributed by atoms with E-state index in [1.165, 1.54) is 0 Å². The molecule has 3 aromatic rings. The number of benzene rings is 3. The highest BCUT2D eigenvalue weighted by Gasteiger charge is 2.56. The van der Waals surface area contributed by atoms with E-state index in [9.17, 15) is 23.1 Å². The first-order valence-corrected chi connectivity index (χ1v) is 16.3. The minimum absolute atomic E-state index is 0.00951. The van der Waals surface area contributed by atoms with Gasteiger partial charge in [0.25, 0.3) is 0 Å². The summed E-state index contributed by atoms with van der Waals surface area (Å²) >= 11 is 12.7. The molecule has 3 aromatic carbocycles. The van der Waals surface area contributed by atoms with Crippen LogP contribution in [0.2, 0.25) is 10.0 Å². The molecule has 0 spiro atoms. The zero-order valence-electron chi connectivity index (χ0n) is 22.7. The first-order chi connectivity index (χ1) is 19.5. The highest BCUT2D eigenvalue weighted by atomic mass is 35.5. The lowest BCUT2D eigenvalue weighted by Gasteiger charge is -2.53. The Bertz CT molecular complexity index is 1530. The Morgan fingerprint density at radius 1 is 0.976 bits per heavy atom. The van der Waals surface area contributed by atoms with E-state index in [0.717, 1.165) is 24.0 Å². The second-order valence-electron chi connectivity index (χ2n) is 11.3. The van der Waals surface area contributed by atoms with Crippen molar-refractivity contribution in [1.29, 1.82) is 0 Å². The van der Waals surface area contributed by atoms with E-state index in [0.29, 0.717) is 22.9 Å². The fourth-order valence-corrected chi connectivity index (χ4v) is 8.36. The molecule has 6 nitrogen and oxygen atoms in total. The van der Waals surface area contributed by atoms with Crippen LogP contribution < -0.4 is 0 Å². The highest BCUT2D eigenvalue weighted by Crippen LogP contribution is 2.55. The SMILES string of the molecule is CC[C@]1(CC(=O)O)C[C@H](c2cccc(Cl)c2)[C@@H](c2ccc(Cl)cc2)N([C@H](CS(=O)(=O)c2ccccc2)C2CC2)C1=O. The number of hydrogen-bond acceptors (Lipinski definition) is 4. The van der Waals surface area contributed by atoms with Gasteiger partial charge in [0, 0.05) is 22.0 Å². The molecule has 216 valence electrons. The van der Waals surface area contributed by atoms with Crippen molar-refractivity contribution < 1.29 is 23.1 Å². The van der Waals surface area contributed by atoms with Gasteiger partial charge in [-0.05, 0) is 79.1 Å². The summed E-state index contributed by atoms with van der Waals surface area (Å²) in [5, 5.41) is 11.0. The van der Waals surface area contributed by atoms with Gasteiger partial charge in [0.15, 0.2) is 9.84 Å². The maximum Gasteiger partial charge on any atom is 0.304 e. The Morgan fingerprint density at radius 3 is 2.24 bits per heavy atom. The number of halogens is 2. The number of carboxylic acids is 1. The number of piperidine rings is 1. The molecule has 1 saturated heterocycles. The van der Waals surface area contributed by atoms with Crippen molar-refractivity contribution in [2.45, 2.75) is 61.9 Å². The Morgan fingerprint density at radius 2 is 1.66 bits per heavy atom. The number of carboxylic acid groups (broad SMARTS) is 1. The van der Waals surface area contributed by atoms with E-state index < -0.39 is 33.3 Å². The minimum atomic E-state index is -3.76. The van der Waals surface area contributed by atoms with Crippen LogP contribution in [0.25, 0.3) is 0 Å². The summed E-state index contributed by atoms with van der Waals surface area (Å²) in [7, 11) is -3.76. The van der Waals surface area contributed by atoms with Crippen LogP contribution in [0, 0.1) is 11.3 Å². The van der Waals surface area contributed by atoms with Gasteiger partial charge in [0.1, 0.15) is 0 Å². The van der Waals surface area contributed by atoms with Gasteiger partial charge < -0.3 is 10.0 Å². The van der Waals surface area contributed by atoms with Crippen molar-refractivity contribution >= 4 is 44.9 Å². The number of nitrogens with zero attached hydrogens (tertiary/aromatic N) is 1. The zero-order valence-corrected chi connectivity index (χ0v) is 25.1. The minimum Gasteiger partial charge on any atom is -0.481 e. The van der Waals surface area contributed by atoms with Gasteiger partial charge in [0.05, 0.1) is 28.5 Å². The second-order valence-corrected chi connectivity index (χ2v) is 14.2. The van der Waals surface area contributed by atoms with E-state index in [1.807, 2.05) is 37.3 Å². The Labute approximate surface area is 251 Å². The number of likely N-dealkylation sites (tertiary alicyclic amines) is 1. The average Bonchev–Trinajstić information content (AvgIpc) is 3.79. The predicted octanol–water partition coefficient (Wildman–Crippen LogP) is 7.17. The van der Waals surface area contributed by atoms with Gasteiger partial charge in [-0.25, -0.2) is 8.42 Å². The predicted molar refractivity (Wildman–Crippen MR) is 160 cm³/mol. The molecule has 2 fully saturated rings. The molecule has 1 aliphatic carbocycles. The summed E-state index contributed by atoms with van der Waals surface area (Å²) in [5.74, 6) is -1.94. The normalized spacial score (nSPS) is 23.8. The highest BCUT2D eigenvalue weighted by molar-refractivity contribution is 7.91. The van der Waals surface area contributed by atoms with Crippen molar-refractivity contribution in [3.8, 4) is 0 Å². The third-order valence-corrected chi connectivity index (χ3v) is 10.9. The molecule has 0 aromatic heterocycles. The molecular weight excluding hydrogens is 581 g/mol. The van der Waals surface area contributed by atoms with E-state index in [2.05, 4.69) is 0 Å². The molecular formula is C32H33Cl2NO5S. The number of sulfone groups is 1. The van der Waals surface area contributed by atoms with Crippen molar-refractivity contribution in [3.05, 3.63) is 100 Å². The van der Waals surface area contributed by atoms with E-state index in [4.69, 9.17) is 23.2 Å². The molecule has 0 unspecified atom stereocenters. The fraction of sp³-hybridized carbons (Fsp3) is 0.375. The number of hydrogen-bond donors (Lipinski definition) is 1. The lowest BCUT2D eigenvalue weighted by Crippen LogP contribution is -2.58. The van der Waals surface area contributed by atoms with Crippen LogP contribution in [0.1, 0.15) is 62.1 Å². The molecule has 1 saturated carbocycles. The smallest absolute Gasteiger partial charge is 0.304 e. The molecule has 0 radical (unpaired) electrons. The van der Waals surface area contributed by atoms with Crippen LogP contribution in [0.5, 0.6) is 0 Å². The van der Waals surface area contributed by atoms with Crippen LogP contribution in [0.3, 0.4) is 0 Å². The molecule has 9 heteroatoms. The second kappa shape index (κ2) is 11.8. The third kappa shape index (κ3) is 6.18. The lowest BCUT2D eigenvalue weighted by molar-refractivity contribution is -0.162. The van der Waals surface area contributed by atoms with Crippen molar-refractivity contribution in [3.63, 3.8) is 0 Å². The van der Waals surface area contributed by atoms with Crippen LogP contribution in [-0.4, -0.2) is 42.1 Å². The number of aliphatic carboxylic acids is 1. The first kappa shape index (κ1) is 29.6. The van der Waals surface area contributed by atoms with Crippen molar-refractivity contribution in [2.75, 3.05) is 5.75 Å². The summed E-state index contributed by atoms with van der Waals surface area (Å²) in [6.07, 6.45) is 1.85. The maximum absolute atomic E-state index is 14.7. The molecule has 1 heterocycles. The Hall–Kier alpha value is -2.87. The summed E-state index contributed by atoms with van der Waals surface area (Å²) in [4.78, 5) is 28.9. The van der Waals surface area contributed by atoms with Crippen LogP contribution in [-0.2, 0) is 19.4 Å². The number of carbonyl (C=O) groups excluding carboxylic acids is 1. The molecule has 1 aliphatic heterocycles. The quantitative estimate of drug-likeness (QED) is 0.261. The van der Waals surface area contributed by atoms with E-state index >= 15 is 0 Å². The van der Waals surface area contributed by atoms with Crippen LogP contribution in [0.15, 0.2) is 83.8 Å². The molecule has 41 heavy (non-hydrogen) atoms. The number of rotatable bonds is 10. The van der Waals surface area contributed by atoms with E-state index in [-0.39, 0.29) is 34.8 Å². The standard InChI is InChI=1S/C32H33Cl2NO5S/c1-2-32(19-29(36)37)18-27(23-7-6-8-25(34)17-23)30(22-13-15-24(33)16-14-22)35(31(32)38)28(21-11-12-21)20-41(39,40)26-9-4-3-5-10-26/h3-10,13-17,21,27-28,30H,2,11-12,18-20H2,1H3,(H,36,37)/t27-,28-,30-,32-/m1/s1. The Kier molecular flexibility index (Phi) is 8.51. The van der Waals surface area contributed by atoms with Crippen molar-refractivity contribution in [1.82, 2.24) is 4.90 Å². The fourth-order valence-electron chi connectivity index (χ4n) is 6.39. The van der Waals surface area contributed by atoms with Crippen LogP contribution >= 0.6 is 23.2 Å². The number of carbonyl (C=O) groups is 2. The average molecular weight is 615 g/mol. The molecule has 1 amide bonds. The van der Waals surface area contributed by atoms with Gasteiger partial charge >= 0.3 is 5.97 Å². The van der Waals surface area contributed by atoms with Gasteiger partial charge in [-0.1, -0.05) is 72.6 Å². The van der Waals surface area contributed by atoms with Gasteiger partial charge in [-0.2, -0.15) is 0 Å². The van der Waals surface area contributed by atoms with Crippen molar-refractivity contribution in [2.24, 2.45) is 11.3 Å². The third-order valence-electron chi connectivity index (χ3n) is 8.65. The van der Waals surface area contributed by atoms with Gasteiger partial charge in [-0.15, -0.1) is 0 Å². The summed E-state index contributed by atoms with van der Waals surface area (Å²) in [5.41, 5.74) is 0.486.